The van der Waals surface area contributed by atoms with Crippen molar-refractivity contribution >= 4 is 23.2 Å². The second-order valence-corrected chi connectivity index (χ2v) is 10.5. The van der Waals surface area contributed by atoms with Crippen LogP contribution in [0.1, 0.15) is 44.9 Å². The molecule has 5 nitrogen and oxygen atoms in total. The van der Waals surface area contributed by atoms with E-state index in [0.717, 1.165) is 13.0 Å². The van der Waals surface area contributed by atoms with E-state index in [1.54, 1.807) is 16.2 Å². The average Bonchev–Trinajstić information content (AvgIpc) is 3.33. The summed E-state index contributed by atoms with van der Waals surface area (Å²) in [5.41, 5.74) is 4.27. The van der Waals surface area contributed by atoms with Crippen molar-refractivity contribution in [2.24, 2.45) is 0 Å². The summed E-state index contributed by atoms with van der Waals surface area (Å²) in [7, 11) is 0. The molecule has 0 saturated carbocycles. The first-order chi connectivity index (χ1) is 16.9. The molecule has 5 rings (SSSR count). The van der Waals surface area contributed by atoms with Gasteiger partial charge >= 0.3 is 0 Å². The van der Waals surface area contributed by atoms with Crippen LogP contribution < -0.4 is 0 Å². The zero-order valence-corrected chi connectivity index (χ0v) is 20.9. The van der Waals surface area contributed by atoms with Crippen molar-refractivity contribution < 1.29 is 14.0 Å². The molecule has 0 N–H and O–H groups in total. The number of benzene rings is 2. The molecule has 0 radical (unpaired) electrons. The fourth-order valence-corrected chi connectivity index (χ4v) is 6.22. The summed E-state index contributed by atoms with van der Waals surface area (Å²) in [6, 6.07) is 16.3. The third-order valence-corrected chi connectivity index (χ3v) is 8.22. The molecule has 3 aromatic rings. The molecule has 0 aliphatic carbocycles. The van der Waals surface area contributed by atoms with Crippen LogP contribution >= 0.6 is 11.3 Å². The molecular formula is C28H30FN3O2S. The molecule has 1 saturated heterocycles. The van der Waals surface area contributed by atoms with Gasteiger partial charge in [0.1, 0.15) is 5.82 Å². The van der Waals surface area contributed by atoms with Crippen LogP contribution in [0.2, 0.25) is 0 Å². The van der Waals surface area contributed by atoms with E-state index >= 15 is 0 Å². The molecule has 2 amide bonds. The number of carbonyl (C=O) groups excluding carboxylic acids is 2. The standard InChI is InChI=1S/C28H30FN3O2S/c1-19-5-3-4-6-23(19)27-24-12-16-35-25(24)11-13-31(27)18-26(33)30-14-15-32(20(2)17-30)28(34)21-7-9-22(29)10-8-21/h3-10,12,16,20,27H,11,13-15,17-18H2,1-2H3/t20-,27+/m0/s1. The van der Waals surface area contributed by atoms with Crippen LogP contribution in [0.15, 0.2) is 60.0 Å². The van der Waals surface area contributed by atoms with E-state index in [1.165, 1.54) is 45.8 Å². The van der Waals surface area contributed by atoms with Gasteiger partial charge in [-0.15, -0.1) is 11.3 Å². The van der Waals surface area contributed by atoms with Crippen LogP contribution in [0.4, 0.5) is 4.39 Å². The van der Waals surface area contributed by atoms with Crippen LogP contribution in [-0.4, -0.2) is 65.3 Å². The first-order valence-corrected chi connectivity index (χ1v) is 13.0. The van der Waals surface area contributed by atoms with Gasteiger partial charge in [0, 0.05) is 42.7 Å². The number of nitrogens with zero attached hydrogens (tertiary/aromatic N) is 3. The monoisotopic (exact) mass is 491 g/mol. The maximum Gasteiger partial charge on any atom is 0.254 e. The highest BCUT2D eigenvalue weighted by atomic mass is 32.1. The molecule has 2 aromatic carbocycles. The third-order valence-electron chi connectivity index (χ3n) is 7.22. The lowest BCUT2D eigenvalue weighted by Gasteiger charge is -2.42. The topological polar surface area (TPSA) is 43.9 Å². The molecule has 0 bridgehead atoms. The number of amides is 2. The Kier molecular flexibility index (Phi) is 6.71. The highest BCUT2D eigenvalue weighted by Crippen LogP contribution is 2.38. The largest absolute Gasteiger partial charge is 0.338 e. The Labute approximate surface area is 209 Å². The first kappa shape index (κ1) is 23.7. The molecule has 7 heteroatoms. The van der Waals surface area contributed by atoms with Crippen LogP contribution in [0, 0.1) is 12.7 Å². The van der Waals surface area contributed by atoms with Crippen LogP contribution in [0.25, 0.3) is 0 Å². The van der Waals surface area contributed by atoms with Crippen molar-refractivity contribution in [2.45, 2.75) is 32.4 Å². The molecule has 0 unspecified atom stereocenters. The zero-order valence-electron chi connectivity index (χ0n) is 20.1. The van der Waals surface area contributed by atoms with Crippen molar-refractivity contribution in [3.05, 3.63) is 92.9 Å². The highest BCUT2D eigenvalue weighted by Gasteiger charge is 2.35. The number of piperazine rings is 1. The van der Waals surface area contributed by atoms with E-state index in [2.05, 4.69) is 47.5 Å². The summed E-state index contributed by atoms with van der Waals surface area (Å²) in [6.07, 6.45) is 0.957. The second-order valence-electron chi connectivity index (χ2n) is 9.47. The molecular weight excluding hydrogens is 461 g/mol. The van der Waals surface area contributed by atoms with E-state index in [0.29, 0.717) is 31.7 Å². The predicted octanol–water partition coefficient (Wildman–Crippen LogP) is 4.52. The number of halogens is 1. The molecule has 2 aliphatic rings. The molecule has 1 aromatic heterocycles. The third kappa shape index (κ3) is 4.75. The first-order valence-electron chi connectivity index (χ1n) is 12.1. The molecule has 182 valence electrons. The SMILES string of the molecule is Cc1ccccc1[C@@H]1c2ccsc2CCN1CC(=O)N1CCN(C(=O)c2ccc(F)cc2)[C@@H](C)C1. The molecule has 35 heavy (non-hydrogen) atoms. The Morgan fingerprint density at radius 2 is 1.77 bits per heavy atom. The fourth-order valence-electron chi connectivity index (χ4n) is 5.31. The van der Waals surface area contributed by atoms with Crippen molar-refractivity contribution in [2.75, 3.05) is 32.7 Å². The zero-order chi connectivity index (χ0) is 24.5. The van der Waals surface area contributed by atoms with Gasteiger partial charge in [-0.1, -0.05) is 24.3 Å². The van der Waals surface area contributed by atoms with Gasteiger partial charge in [-0.05, 0) is 72.7 Å². The number of thiophene rings is 1. The summed E-state index contributed by atoms with van der Waals surface area (Å²) < 4.78 is 13.3. The van der Waals surface area contributed by atoms with Gasteiger partial charge in [-0.25, -0.2) is 4.39 Å². The Bertz CT molecular complexity index is 1220. The molecule has 2 aliphatic heterocycles. The average molecular weight is 492 g/mol. The van der Waals surface area contributed by atoms with E-state index < -0.39 is 0 Å². The van der Waals surface area contributed by atoms with Gasteiger partial charge in [-0.3, -0.25) is 14.5 Å². The van der Waals surface area contributed by atoms with Crippen molar-refractivity contribution in [1.82, 2.24) is 14.7 Å². The minimum absolute atomic E-state index is 0.0777. The predicted molar refractivity (Wildman–Crippen MR) is 136 cm³/mol. The summed E-state index contributed by atoms with van der Waals surface area (Å²) >= 11 is 1.80. The quantitative estimate of drug-likeness (QED) is 0.539. The minimum atomic E-state index is -0.360. The smallest absolute Gasteiger partial charge is 0.254 e. The maximum absolute atomic E-state index is 13.4. The second kappa shape index (κ2) is 9.91. The normalized spacial score (nSPS) is 20.5. The van der Waals surface area contributed by atoms with E-state index in [9.17, 15) is 14.0 Å². The van der Waals surface area contributed by atoms with Gasteiger partial charge < -0.3 is 9.80 Å². The molecule has 0 spiro atoms. The number of hydrogen-bond donors (Lipinski definition) is 0. The minimum Gasteiger partial charge on any atom is -0.338 e. The van der Waals surface area contributed by atoms with Crippen LogP contribution in [-0.2, 0) is 11.2 Å². The van der Waals surface area contributed by atoms with Gasteiger partial charge in [-0.2, -0.15) is 0 Å². The number of fused-ring (bicyclic) bond motifs is 1. The van der Waals surface area contributed by atoms with E-state index in [1.807, 2.05) is 11.8 Å². The molecule has 2 atom stereocenters. The Morgan fingerprint density at radius 3 is 2.51 bits per heavy atom. The lowest BCUT2D eigenvalue weighted by atomic mass is 9.90. The number of aryl methyl sites for hydroxylation is 1. The Hall–Kier alpha value is -3.03. The summed E-state index contributed by atoms with van der Waals surface area (Å²) in [6.45, 7) is 6.77. The molecule has 3 heterocycles. The van der Waals surface area contributed by atoms with Gasteiger partial charge in [0.2, 0.25) is 5.91 Å². The summed E-state index contributed by atoms with van der Waals surface area (Å²) in [5.74, 6) is -0.380. The van der Waals surface area contributed by atoms with Crippen molar-refractivity contribution in [3.8, 4) is 0 Å². The maximum atomic E-state index is 13.4. The summed E-state index contributed by atoms with van der Waals surface area (Å²) in [4.78, 5) is 33.8. The van der Waals surface area contributed by atoms with Crippen molar-refractivity contribution in [3.63, 3.8) is 0 Å². The Balaban J connectivity index is 1.28. The van der Waals surface area contributed by atoms with E-state index in [4.69, 9.17) is 0 Å². The number of hydrogen-bond acceptors (Lipinski definition) is 4. The number of rotatable bonds is 4. The van der Waals surface area contributed by atoms with Crippen LogP contribution in [0.3, 0.4) is 0 Å². The van der Waals surface area contributed by atoms with Crippen LogP contribution in [0.5, 0.6) is 0 Å². The van der Waals surface area contributed by atoms with Gasteiger partial charge in [0.15, 0.2) is 0 Å². The van der Waals surface area contributed by atoms with Gasteiger partial charge in [0.25, 0.3) is 5.91 Å². The fraction of sp³-hybridized carbons (Fsp3) is 0.357. The summed E-state index contributed by atoms with van der Waals surface area (Å²) in [5, 5.41) is 2.15. The highest BCUT2D eigenvalue weighted by molar-refractivity contribution is 7.10. The Morgan fingerprint density at radius 1 is 1.00 bits per heavy atom. The molecule has 1 fully saturated rings. The van der Waals surface area contributed by atoms with Crippen molar-refractivity contribution in [1.29, 1.82) is 0 Å². The van der Waals surface area contributed by atoms with E-state index in [-0.39, 0.29) is 29.7 Å². The van der Waals surface area contributed by atoms with Gasteiger partial charge in [0.05, 0.1) is 12.6 Å². The lowest BCUT2D eigenvalue weighted by Crippen LogP contribution is -2.57. The lowest BCUT2D eigenvalue weighted by molar-refractivity contribution is -0.135. The number of carbonyl (C=O) groups is 2.